The van der Waals surface area contributed by atoms with Crippen LogP contribution in [-0.2, 0) is 11.8 Å². The summed E-state index contributed by atoms with van der Waals surface area (Å²) in [5.74, 6) is 1.48. The first kappa shape index (κ1) is 18.1. The number of anilines is 1. The maximum atomic E-state index is 12.5. The molecule has 0 bridgehead atoms. The van der Waals surface area contributed by atoms with E-state index in [2.05, 4.69) is 10.3 Å². The Kier molecular flexibility index (Phi) is 5.30. The molecule has 1 amide bonds. The predicted molar refractivity (Wildman–Crippen MR) is 113 cm³/mol. The molecule has 6 heteroatoms. The molecule has 1 heterocycles. The Balaban J connectivity index is 1.43. The number of fused-ring (bicyclic) bond motifs is 1. The zero-order chi connectivity index (χ0) is 19.3. The molecule has 0 atom stereocenters. The van der Waals surface area contributed by atoms with Crippen molar-refractivity contribution < 1.29 is 9.53 Å². The average Bonchev–Trinajstić information content (AvgIpc) is 3.05. The molecule has 140 valence electrons. The van der Waals surface area contributed by atoms with E-state index in [-0.39, 0.29) is 11.7 Å². The van der Waals surface area contributed by atoms with Gasteiger partial charge < -0.3 is 14.6 Å². The van der Waals surface area contributed by atoms with Crippen LogP contribution in [0.3, 0.4) is 0 Å². The summed E-state index contributed by atoms with van der Waals surface area (Å²) < 4.78 is 7.89. The number of imidazole rings is 1. The minimum atomic E-state index is -0.110. The summed E-state index contributed by atoms with van der Waals surface area (Å²) in [6.07, 6.45) is 0. The molecule has 0 spiro atoms. The third-order valence-electron chi connectivity index (χ3n) is 4.21. The van der Waals surface area contributed by atoms with Gasteiger partial charge in [-0.05, 0) is 36.4 Å². The van der Waals surface area contributed by atoms with Gasteiger partial charge in [0.2, 0.25) is 5.91 Å². The van der Waals surface area contributed by atoms with Gasteiger partial charge in [0, 0.05) is 7.05 Å². The van der Waals surface area contributed by atoms with E-state index in [1.807, 2.05) is 90.5 Å². The topological polar surface area (TPSA) is 56.2 Å². The van der Waals surface area contributed by atoms with Crippen molar-refractivity contribution in [3.05, 3.63) is 78.9 Å². The minimum absolute atomic E-state index is 0.110. The Hall–Kier alpha value is -3.25. The number of hydrogen-bond donors (Lipinski definition) is 1. The lowest BCUT2D eigenvalue weighted by Gasteiger charge is -2.12. The van der Waals surface area contributed by atoms with Gasteiger partial charge in [0.25, 0.3) is 0 Å². The van der Waals surface area contributed by atoms with Crippen molar-refractivity contribution in [1.29, 1.82) is 0 Å². The van der Waals surface area contributed by atoms with Crippen LogP contribution in [0.25, 0.3) is 11.0 Å². The number of carbonyl (C=O) groups is 1. The molecule has 0 aliphatic heterocycles. The van der Waals surface area contributed by atoms with E-state index in [0.717, 1.165) is 21.9 Å². The lowest BCUT2D eigenvalue weighted by atomic mass is 10.3. The predicted octanol–water partition coefficient (Wildman–Crippen LogP) is 5.10. The molecule has 0 aliphatic carbocycles. The summed E-state index contributed by atoms with van der Waals surface area (Å²) in [6.45, 7) is 0. The summed E-state index contributed by atoms with van der Waals surface area (Å²) >= 11 is 1.41. The molecule has 1 aromatic heterocycles. The number of para-hydroxylation sites is 5. The fourth-order valence-corrected chi connectivity index (χ4v) is 3.63. The normalized spacial score (nSPS) is 10.8. The van der Waals surface area contributed by atoms with Crippen LogP contribution in [0.2, 0.25) is 0 Å². The van der Waals surface area contributed by atoms with Crippen molar-refractivity contribution in [2.75, 3.05) is 11.1 Å². The van der Waals surface area contributed by atoms with E-state index in [0.29, 0.717) is 11.4 Å². The van der Waals surface area contributed by atoms with Crippen molar-refractivity contribution in [3.63, 3.8) is 0 Å². The third-order valence-corrected chi connectivity index (χ3v) is 5.24. The number of carbonyl (C=O) groups excluding carboxylic acids is 1. The van der Waals surface area contributed by atoms with Crippen LogP contribution in [0.5, 0.6) is 11.5 Å². The monoisotopic (exact) mass is 389 g/mol. The second-order valence-corrected chi connectivity index (χ2v) is 7.13. The van der Waals surface area contributed by atoms with Crippen molar-refractivity contribution in [1.82, 2.24) is 9.55 Å². The number of nitrogens with zero attached hydrogens (tertiary/aromatic N) is 2. The second kappa shape index (κ2) is 8.19. The molecular formula is C22H19N3O2S. The zero-order valence-corrected chi connectivity index (χ0v) is 16.1. The number of ether oxygens (including phenoxy) is 1. The van der Waals surface area contributed by atoms with Crippen LogP contribution in [0.4, 0.5) is 5.69 Å². The van der Waals surface area contributed by atoms with Crippen LogP contribution < -0.4 is 10.1 Å². The number of aryl methyl sites for hydroxylation is 1. The second-order valence-electron chi connectivity index (χ2n) is 6.19. The van der Waals surface area contributed by atoms with Crippen LogP contribution in [0.1, 0.15) is 0 Å². The average molecular weight is 389 g/mol. The number of aromatic nitrogens is 2. The van der Waals surface area contributed by atoms with Crippen LogP contribution >= 0.6 is 11.8 Å². The molecule has 0 radical (unpaired) electrons. The first-order valence-electron chi connectivity index (χ1n) is 8.87. The van der Waals surface area contributed by atoms with Gasteiger partial charge in [-0.3, -0.25) is 4.79 Å². The largest absolute Gasteiger partial charge is 0.455 e. The number of rotatable bonds is 6. The van der Waals surface area contributed by atoms with E-state index in [1.165, 1.54) is 11.8 Å². The van der Waals surface area contributed by atoms with Gasteiger partial charge in [-0.25, -0.2) is 4.98 Å². The third kappa shape index (κ3) is 4.02. The highest BCUT2D eigenvalue weighted by Gasteiger charge is 2.12. The zero-order valence-electron chi connectivity index (χ0n) is 15.3. The van der Waals surface area contributed by atoms with Crippen molar-refractivity contribution in [3.8, 4) is 11.5 Å². The Bertz CT molecular complexity index is 1110. The summed E-state index contributed by atoms with van der Waals surface area (Å²) in [5, 5.41) is 3.74. The minimum Gasteiger partial charge on any atom is -0.455 e. The van der Waals surface area contributed by atoms with Gasteiger partial charge in [-0.2, -0.15) is 0 Å². The number of nitrogens with one attached hydrogen (secondary N) is 1. The molecular weight excluding hydrogens is 370 g/mol. The number of benzene rings is 3. The van der Waals surface area contributed by atoms with E-state index in [4.69, 9.17) is 4.74 Å². The standard InChI is InChI=1S/C22H19N3O2S/c1-25-19-13-7-5-11-17(19)24-22(25)28-15-21(26)23-18-12-6-8-14-20(18)27-16-9-3-2-4-10-16/h2-14H,15H2,1H3,(H,23,26). The molecule has 0 fully saturated rings. The summed E-state index contributed by atoms with van der Waals surface area (Å²) in [4.78, 5) is 17.1. The molecule has 0 unspecified atom stereocenters. The Morgan fingerprint density at radius 2 is 1.71 bits per heavy atom. The maximum Gasteiger partial charge on any atom is 0.234 e. The van der Waals surface area contributed by atoms with Gasteiger partial charge in [-0.15, -0.1) is 0 Å². The highest BCUT2D eigenvalue weighted by atomic mass is 32.2. The summed E-state index contributed by atoms with van der Waals surface area (Å²) in [5.41, 5.74) is 2.61. The molecule has 4 rings (SSSR count). The van der Waals surface area contributed by atoms with Crippen molar-refractivity contribution >= 4 is 34.4 Å². The molecule has 4 aromatic rings. The lowest BCUT2D eigenvalue weighted by molar-refractivity contribution is -0.113. The van der Waals surface area contributed by atoms with E-state index >= 15 is 0 Å². The van der Waals surface area contributed by atoms with Crippen LogP contribution in [-0.4, -0.2) is 21.2 Å². The summed E-state index contributed by atoms with van der Waals surface area (Å²) in [7, 11) is 1.96. The Labute approximate surface area is 167 Å². The fourth-order valence-electron chi connectivity index (χ4n) is 2.84. The maximum absolute atomic E-state index is 12.5. The smallest absolute Gasteiger partial charge is 0.234 e. The van der Waals surface area contributed by atoms with Gasteiger partial charge in [0.15, 0.2) is 10.9 Å². The Morgan fingerprint density at radius 1 is 1.00 bits per heavy atom. The highest BCUT2D eigenvalue weighted by molar-refractivity contribution is 7.99. The van der Waals surface area contributed by atoms with Gasteiger partial charge in [-0.1, -0.05) is 54.2 Å². The summed E-state index contributed by atoms with van der Waals surface area (Å²) in [6, 6.07) is 24.8. The van der Waals surface area contributed by atoms with Crippen LogP contribution in [0.15, 0.2) is 84.0 Å². The van der Waals surface area contributed by atoms with Crippen molar-refractivity contribution in [2.24, 2.45) is 7.05 Å². The van der Waals surface area contributed by atoms with Gasteiger partial charge in [0.05, 0.1) is 22.5 Å². The highest BCUT2D eigenvalue weighted by Crippen LogP contribution is 2.29. The first-order valence-corrected chi connectivity index (χ1v) is 9.85. The van der Waals surface area contributed by atoms with Crippen molar-refractivity contribution in [2.45, 2.75) is 5.16 Å². The quantitative estimate of drug-likeness (QED) is 0.466. The molecule has 0 saturated carbocycles. The molecule has 0 saturated heterocycles. The fraction of sp³-hybridized carbons (Fsp3) is 0.0909. The number of thioether (sulfide) groups is 1. The molecule has 0 aliphatic rings. The molecule has 3 aromatic carbocycles. The number of hydrogen-bond acceptors (Lipinski definition) is 4. The van der Waals surface area contributed by atoms with Crippen LogP contribution in [0, 0.1) is 0 Å². The van der Waals surface area contributed by atoms with E-state index in [1.54, 1.807) is 0 Å². The molecule has 28 heavy (non-hydrogen) atoms. The van der Waals surface area contributed by atoms with E-state index < -0.39 is 0 Å². The molecule has 5 nitrogen and oxygen atoms in total. The van der Waals surface area contributed by atoms with E-state index in [9.17, 15) is 4.79 Å². The molecule has 1 N–H and O–H groups in total. The van der Waals surface area contributed by atoms with Gasteiger partial charge in [0.1, 0.15) is 5.75 Å². The first-order chi connectivity index (χ1) is 13.7. The lowest BCUT2D eigenvalue weighted by Crippen LogP contribution is -2.15. The Morgan fingerprint density at radius 3 is 2.54 bits per heavy atom. The number of amides is 1. The SMILES string of the molecule is Cn1c(SCC(=O)Nc2ccccc2Oc2ccccc2)nc2ccccc21. The van der Waals surface area contributed by atoms with Gasteiger partial charge >= 0.3 is 0 Å².